The van der Waals surface area contributed by atoms with E-state index in [9.17, 15) is 0 Å². The van der Waals surface area contributed by atoms with Crippen LogP contribution in [0.1, 0.15) is 30.3 Å². The molecule has 0 saturated heterocycles. The molecule has 0 bridgehead atoms. The van der Waals surface area contributed by atoms with E-state index in [2.05, 4.69) is 62.1 Å². The predicted octanol–water partition coefficient (Wildman–Crippen LogP) is 3.32. The fourth-order valence-corrected chi connectivity index (χ4v) is 2.89. The number of aromatic nitrogens is 2. The van der Waals surface area contributed by atoms with Crippen LogP contribution in [0.2, 0.25) is 0 Å². The molecule has 0 fully saturated rings. The van der Waals surface area contributed by atoms with Crippen molar-refractivity contribution in [3.8, 4) is 0 Å². The van der Waals surface area contributed by atoms with E-state index in [-0.39, 0.29) is 24.0 Å². The molecule has 2 heterocycles. The molecular weight excluding hydrogens is 421 g/mol. The van der Waals surface area contributed by atoms with Crippen LogP contribution in [0.15, 0.2) is 27.9 Å². The molecule has 2 aromatic heterocycles. The van der Waals surface area contributed by atoms with Crippen LogP contribution in [0.3, 0.4) is 0 Å². The summed E-state index contributed by atoms with van der Waals surface area (Å²) in [6.45, 7) is 9.60. The normalized spacial score (nSPS) is 11.2. The van der Waals surface area contributed by atoms with Crippen molar-refractivity contribution in [2.45, 2.75) is 40.3 Å². The van der Waals surface area contributed by atoms with Crippen molar-refractivity contribution in [1.82, 2.24) is 20.4 Å². The Kier molecular flexibility index (Phi) is 9.23. The molecule has 128 valence electrons. The summed E-state index contributed by atoms with van der Waals surface area (Å²) in [6, 6.07) is 4.22. The first-order chi connectivity index (χ1) is 10.7. The molecule has 0 atom stereocenters. The van der Waals surface area contributed by atoms with Gasteiger partial charge >= 0.3 is 0 Å². The number of nitrogens with one attached hydrogen (secondary N) is 2. The molecule has 23 heavy (non-hydrogen) atoms. The molecule has 0 unspecified atom stereocenters. The Hall–Kier alpha value is -1.09. The summed E-state index contributed by atoms with van der Waals surface area (Å²) in [5.41, 5.74) is 3.55. The standard InChI is InChI=1S/C16H25N5S.HI/c1-4-17-16(19-11-15-6-9-22-12-15)18-7-5-8-21-14(3)10-13(2)20-21;/h6,9-10,12H,4-5,7-8,11H2,1-3H3,(H2,17,18,19);1H. The van der Waals surface area contributed by atoms with Gasteiger partial charge < -0.3 is 10.6 Å². The van der Waals surface area contributed by atoms with Crippen LogP contribution < -0.4 is 10.6 Å². The molecule has 5 nitrogen and oxygen atoms in total. The highest BCUT2D eigenvalue weighted by Crippen LogP contribution is 2.06. The minimum atomic E-state index is 0. The Morgan fingerprint density at radius 3 is 2.78 bits per heavy atom. The lowest BCUT2D eigenvalue weighted by Gasteiger charge is -2.11. The third kappa shape index (κ3) is 6.90. The Bertz CT molecular complexity index is 592. The number of aliphatic imine (C=N–C) groups is 1. The van der Waals surface area contributed by atoms with Gasteiger partial charge in [0.05, 0.1) is 12.2 Å². The minimum Gasteiger partial charge on any atom is -0.357 e. The summed E-state index contributed by atoms with van der Waals surface area (Å²) in [5.74, 6) is 0.877. The maximum absolute atomic E-state index is 4.60. The van der Waals surface area contributed by atoms with Crippen LogP contribution in [0.4, 0.5) is 0 Å². The molecule has 0 aliphatic heterocycles. The zero-order valence-corrected chi connectivity index (χ0v) is 17.1. The molecule has 2 rings (SSSR count). The van der Waals surface area contributed by atoms with Crippen LogP contribution in [-0.4, -0.2) is 28.8 Å². The van der Waals surface area contributed by atoms with Crippen molar-refractivity contribution in [3.63, 3.8) is 0 Å². The van der Waals surface area contributed by atoms with Gasteiger partial charge in [-0.15, -0.1) is 24.0 Å². The van der Waals surface area contributed by atoms with Gasteiger partial charge in [0.15, 0.2) is 5.96 Å². The van der Waals surface area contributed by atoms with E-state index in [0.717, 1.165) is 44.3 Å². The number of guanidine groups is 1. The van der Waals surface area contributed by atoms with Gasteiger partial charge in [-0.3, -0.25) is 4.68 Å². The number of halogens is 1. The summed E-state index contributed by atoms with van der Waals surface area (Å²) < 4.78 is 2.06. The van der Waals surface area contributed by atoms with E-state index in [0.29, 0.717) is 0 Å². The molecule has 0 spiro atoms. The van der Waals surface area contributed by atoms with Crippen LogP contribution >= 0.6 is 35.3 Å². The first-order valence-corrected chi connectivity index (χ1v) is 8.67. The SMILES string of the molecule is CCNC(=NCc1ccsc1)NCCCn1nc(C)cc1C.I. The van der Waals surface area contributed by atoms with Crippen molar-refractivity contribution >= 4 is 41.3 Å². The van der Waals surface area contributed by atoms with Crippen molar-refractivity contribution < 1.29 is 0 Å². The van der Waals surface area contributed by atoms with Gasteiger partial charge in [0.25, 0.3) is 0 Å². The van der Waals surface area contributed by atoms with Crippen LogP contribution in [-0.2, 0) is 13.1 Å². The monoisotopic (exact) mass is 447 g/mol. The summed E-state index contributed by atoms with van der Waals surface area (Å²) in [6.07, 6.45) is 1.02. The number of hydrogen-bond donors (Lipinski definition) is 2. The van der Waals surface area contributed by atoms with Crippen LogP contribution in [0.5, 0.6) is 0 Å². The molecule has 0 radical (unpaired) electrons. The molecule has 0 aromatic carbocycles. The van der Waals surface area contributed by atoms with E-state index >= 15 is 0 Å². The Balaban J connectivity index is 0.00000264. The molecule has 0 aliphatic carbocycles. The zero-order chi connectivity index (χ0) is 15.8. The molecule has 7 heteroatoms. The lowest BCUT2D eigenvalue weighted by atomic mass is 10.3. The molecule has 0 amide bonds. The highest BCUT2D eigenvalue weighted by atomic mass is 127. The minimum absolute atomic E-state index is 0. The summed E-state index contributed by atoms with van der Waals surface area (Å²) >= 11 is 1.71. The molecular formula is C16H26IN5S. The van der Waals surface area contributed by atoms with Gasteiger partial charge in [0.1, 0.15) is 0 Å². The van der Waals surface area contributed by atoms with E-state index in [4.69, 9.17) is 0 Å². The summed E-state index contributed by atoms with van der Waals surface area (Å²) in [5, 5.41) is 15.4. The van der Waals surface area contributed by atoms with Gasteiger partial charge in [-0.1, -0.05) is 0 Å². The summed E-state index contributed by atoms with van der Waals surface area (Å²) in [4.78, 5) is 4.60. The second-order valence-corrected chi connectivity index (χ2v) is 6.04. The number of hydrogen-bond acceptors (Lipinski definition) is 3. The second kappa shape index (κ2) is 10.6. The van der Waals surface area contributed by atoms with Gasteiger partial charge in [0.2, 0.25) is 0 Å². The van der Waals surface area contributed by atoms with Crippen molar-refractivity contribution in [3.05, 3.63) is 39.8 Å². The van der Waals surface area contributed by atoms with Crippen molar-refractivity contribution in [2.75, 3.05) is 13.1 Å². The molecule has 2 aromatic rings. The first kappa shape index (κ1) is 20.0. The Labute approximate surface area is 159 Å². The van der Waals surface area contributed by atoms with E-state index < -0.39 is 0 Å². The first-order valence-electron chi connectivity index (χ1n) is 7.73. The van der Waals surface area contributed by atoms with Crippen LogP contribution in [0, 0.1) is 13.8 Å². The van der Waals surface area contributed by atoms with Gasteiger partial charge in [-0.05, 0) is 55.6 Å². The quantitative estimate of drug-likeness (QED) is 0.296. The number of rotatable bonds is 7. The average Bonchev–Trinajstić information content (AvgIpc) is 3.10. The van der Waals surface area contributed by atoms with E-state index in [1.165, 1.54) is 11.3 Å². The van der Waals surface area contributed by atoms with Gasteiger partial charge in [-0.2, -0.15) is 16.4 Å². The number of nitrogens with zero attached hydrogens (tertiary/aromatic N) is 3. The highest BCUT2D eigenvalue weighted by molar-refractivity contribution is 14.0. The molecule has 0 saturated carbocycles. The maximum atomic E-state index is 4.60. The zero-order valence-electron chi connectivity index (χ0n) is 14.0. The topological polar surface area (TPSA) is 54.2 Å². The number of thiophene rings is 1. The van der Waals surface area contributed by atoms with Crippen molar-refractivity contribution in [1.29, 1.82) is 0 Å². The lowest BCUT2D eigenvalue weighted by Crippen LogP contribution is -2.38. The largest absolute Gasteiger partial charge is 0.357 e. The Morgan fingerprint density at radius 1 is 1.35 bits per heavy atom. The molecule has 0 aliphatic rings. The Morgan fingerprint density at radius 2 is 2.17 bits per heavy atom. The fourth-order valence-electron chi connectivity index (χ4n) is 2.23. The summed E-state index contributed by atoms with van der Waals surface area (Å²) in [7, 11) is 0. The second-order valence-electron chi connectivity index (χ2n) is 5.26. The number of aryl methyl sites for hydroxylation is 3. The average molecular weight is 447 g/mol. The van der Waals surface area contributed by atoms with Gasteiger partial charge in [0, 0.05) is 25.3 Å². The van der Waals surface area contributed by atoms with E-state index in [1.54, 1.807) is 11.3 Å². The smallest absolute Gasteiger partial charge is 0.191 e. The maximum Gasteiger partial charge on any atom is 0.191 e. The van der Waals surface area contributed by atoms with E-state index in [1.807, 2.05) is 6.92 Å². The third-order valence-corrected chi connectivity index (χ3v) is 4.02. The van der Waals surface area contributed by atoms with Crippen LogP contribution in [0.25, 0.3) is 0 Å². The fraction of sp³-hybridized carbons (Fsp3) is 0.500. The lowest BCUT2D eigenvalue weighted by molar-refractivity contribution is 0.555. The third-order valence-electron chi connectivity index (χ3n) is 3.29. The predicted molar refractivity (Wildman–Crippen MR) is 109 cm³/mol. The van der Waals surface area contributed by atoms with Crippen molar-refractivity contribution in [2.24, 2.45) is 4.99 Å². The molecule has 2 N–H and O–H groups in total. The highest BCUT2D eigenvalue weighted by Gasteiger charge is 2.01. The van der Waals surface area contributed by atoms with Gasteiger partial charge in [-0.25, -0.2) is 4.99 Å².